The molecule has 0 radical (unpaired) electrons. The fourth-order valence-corrected chi connectivity index (χ4v) is 6.86. The summed E-state index contributed by atoms with van der Waals surface area (Å²) < 4.78 is 12.9. The zero-order chi connectivity index (χ0) is 35.0. The van der Waals surface area contributed by atoms with Crippen molar-refractivity contribution in [2.24, 2.45) is 0 Å². The molecule has 2 aliphatic carbocycles. The van der Waals surface area contributed by atoms with Crippen molar-refractivity contribution in [3.8, 4) is 16.9 Å². The molecule has 1 aromatic heterocycles. The first-order chi connectivity index (χ1) is 23.7. The summed E-state index contributed by atoms with van der Waals surface area (Å²) in [7, 11) is 0. The minimum Gasteiger partial charge on any atom is -0.490 e. The molecular weight excluding hydrogens is 668 g/mol. The molecule has 0 aliphatic heterocycles. The van der Waals surface area contributed by atoms with Crippen LogP contribution in [0.4, 0.5) is 0 Å². The fraction of sp³-hybridized carbons (Fsp3) is 0.514. The van der Waals surface area contributed by atoms with Gasteiger partial charge in [0.25, 0.3) is 0 Å². The number of carbonyl (C=O) groups excluding carboxylic acids is 1. The number of aliphatic hydroxyl groups is 5. The zero-order valence-corrected chi connectivity index (χ0v) is 29.4. The lowest BCUT2D eigenvalue weighted by molar-refractivity contribution is -0.139. The van der Waals surface area contributed by atoms with Crippen molar-refractivity contribution in [2.75, 3.05) is 25.4 Å². The van der Waals surface area contributed by atoms with Crippen LogP contribution in [0.15, 0.2) is 65.8 Å². The van der Waals surface area contributed by atoms with Gasteiger partial charge in [0.05, 0.1) is 24.9 Å². The molecule has 0 bridgehead atoms. The highest BCUT2D eigenvalue weighted by Crippen LogP contribution is 2.53. The Morgan fingerprint density at radius 1 is 1.06 bits per heavy atom. The Morgan fingerprint density at radius 2 is 1.82 bits per heavy atom. The van der Waals surface area contributed by atoms with E-state index in [9.17, 15) is 25.2 Å². The van der Waals surface area contributed by atoms with Crippen LogP contribution < -0.4 is 4.74 Å². The topological polar surface area (TPSA) is 153 Å². The molecule has 2 fully saturated rings. The molecule has 0 saturated heterocycles. The molecule has 4 atom stereocenters. The van der Waals surface area contributed by atoms with E-state index < -0.39 is 36.6 Å². The van der Waals surface area contributed by atoms with Crippen LogP contribution in [-0.2, 0) is 21.7 Å². The Labute approximate surface area is 297 Å². The van der Waals surface area contributed by atoms with Gasteiger partial charge in [-0.3, -0.25) is 9.78 Å². The average Bonchev–Trinajstić information content (AvgIpc) is 4.06. The minimum absolute atomic E-state index is 0.178. The summed E-state index contributed by atoms with van der Waals surface area (Å²) in [6.45, 7) is 1.65. The van der Waals surface area contributed by atoms with Gasteiger partial charge in [0, 0.05) is 52.9 Å². The quantitative estimate of drug-likeness (QED) is 0.0823. The van der Waals surface area contributed by atoms with Crippen molar-refractivity contribution in [3.05, 3.63) is 77.1 Å². The Balaban J connectivity index is 1.15. The van der Waals surface area contributed by atoms with Gasteiger partial charge in [-0.25, -0.2) is 0 Å². The number of thioether (sulfide) groups is 1. The largest absolute Gasteiger partial charge is 0.490 e. The Bertz CT molecular complexity index is 1540. The van der Waals surface area contributed by atoms with Crippen molar-refractivity contribution in [1.82, 2.24) is 9.88 Å². The van der Waals surface area contributed by atoms with Crippen LogP contribution in [0.5, 0.6) is 5.75 Å². The van der Waals surface area contributed by atoms with E-state index in [0.29, 0.717) is 36.8 Å². The number of para-hydroxylation sites is 1. The number of nitrogens with zero attached hydrogens (tertiary/aromatic N) is 2. The minimum atomic E-state index is -1.73. The van der Waals surface area contributed by atoms with Crippen molar-refractivity contribution < 1.29 is 39.8 Å². The lowest BCUT2D eigenvalue weighted by atomic mass is 9.96. The number of aliphatic hydroxyl groups excluding tert-OH is 5. The maximum absolute atomic E-state index is 13.0. The number of hydrogen-bond acceptors (Lipinski definition) is 10. The second kappa shape index (κ2) is 17.5. The van der Waals surface area contributed by atoms with Crippen molar-refractivity contribution in [2.45, 2.75) is 99.5 Å². The summed E-state index contributed by atoms with van der Waals surface area (Å²) in [6.07, 6.45) is 2.88. The Hall–Kier alpha value is -2.74. The van der Waals surface area contributed by atoms with Gasteiger partial charge in [0.15, 0.2) is 0 Å². The molecule has 12 heteroatoms. The number of ether oxygens (including phenoxy) is 2. The summed E-state index contributed by atoms with van der Waals surface area (Å²) >= 11 is 8.23. The van der Waals surface area contributed by atoms with Crippen LogP contribution in [0.1, 0.15) is 63.0 Å². The number of halogens is 1. The standard InChI is InChI=1S/C37H47ClN2O8S/c1-2-17-40(21-31(42)35(45)36(46)32(43)22-41)34(44)8-5-18-49-26-11-12-30(38)24(19-26)23-47-37(14-15-37)29-20-39-16-13-27(29)28-6-3-4-7-33(28)48-25-9-10-25/h3-4,6-7,11-13,16,19-20,25,31-32,35-36,41-43,45-46H,2,5,8-10,14-15,17-18,21-23H2,1H3/t31-,32+,35+,36+/m0/s1. The normalized spacial score (nSPS) is 17.6. The van der Waals surface area contributed by atoms with E-state index in [1.807, 2.05) is 55.6 Å². The summed E-state index contributed by atoms with van der Waals surface area (Å²) in [4.78, 5) is 19.9. The smallest absolute Gasteiger partial charge is 0.222 e. The lowest BCUT2D eigenvalue weighted by Crippen LogP contribution is -2.50. The van der Waals surface area contributed by atoms with Gasteiger partial charge < -0.3 is 39.9 Å². The third-order valence-electron chi connectivity index (χ3n) is 8.92. The molecule has 5 rings (SSSR count). The van der Waals surface area contributed by atoms with Gasteiger partial charge in [-0.1, -0.05) is 36.7 Å². The van der Waals surface area contributed by atoms with Crippen LogP contribution in [0, 0.1) is 0 Å². The lowest BCUT2D eigenvalue weighted by Gasteiger charge is -2.30. The van der Waals surface area contributed by atoms with E-state index in [0.717, 1.165) is 58.6 Å². The summed E-state index contributed by atoms with van der Waals surface area (Å²) in [6, 6.07) is 16.0. The Kier molecular flexibility index (Phi) is 13.4. The number of hydrogen-bond donors (Lipinski definition) is 5. The maximum Gasteiger partial charge on any atom is 0.222 e. The van der Waals surface area contributed by atoms with Crippen LogP contribution in [0.25, 0.3) is 11.1 Å². The Morgan fingerprint density at radius 3 is 2.53 bits per heavy atom. The summed E-state index contributed by atoms with van der Waals surface area (Å²) in [5, 5.41) is 49.7. The number of pyridine rings is 1. The maximum atomic E-state index is 13.0. The molecule has 1 amide bonds. The highest BCUT2D eigenvalue weighted by atomic mass is 35.5. The van der Waals surface area contributed by atoms with Crippen molar-refractivity contribution in [1.29, 1.82) is 0 Å². The highest BCUT2D eigenvalue weighted by molar-refractivity contribution is 7.99. The average molecular weight is 715 g/mol. The van der Waals surface area contributed by atoms with Gasteiger partial charge in [0.1, 0.15) is 30.2 Å². The van der Waals surface area contributed by atoms with Crippen LogP contribution in [-0.4, -0.2) is 97.3 Å². The number of amides is 1. The van der Waals surface area contributed by atoms with E-state index in [2.05, 4.69) is 11.1 Å². The molecule has 10 nitrogen and oxygen atoms in total. The third-order valence-corrected chi connectivity index (χ3v) is 10.4. The molecule has 0 spiro atoms. The molecule has 3 aromatic rings. The van der Waals surface area contributed by atoms with Crippen LogP contribution in [0.3, 0.4) is 0 Å². The number of benzene rings is 2. The van der Waals surface area contributed by atoms with Gasteiger partial charge in [0.2, 0.25) is 5.91 Å². The second-order valence-electron chi connectivity index (χ2n) is 12.9. The summed E-state index contributed by atoms with van der Waals surface area (Å²) in [5.74, 6) is 1.38. The fourth-order valence-electron chi connectivity index (χ4n) is 5.78. The third kappa shape index (κ3) is 9.95. The predicted octanol–water partition coefficient (Wildman–Crippen LogP) is 4.70. The van der Waals surface area contributed by atoms with E-state index in [1.165, 1.54) is 4.90 Å². The number of carbonyl (C=O) groups is 1. The molecule has 5 N–H and O–H groups in total. The molecule has 2 aromatic carbocycles. The molecule has 2 saturated carbocycles. The van der Waals surface area contributed by atoms with Crippen molar-refractivity contribution >= 4 is 29.3 Å². The molecule has 1 heterocycles. The van der Waals surface area contributed by atoms with E-state index >= 15 is 0 Å². The van der Waals surface area contributed by atoms with E-state index in [4.69, 9.17) is 26.2 Å². The van der Waals surface area contributed by atoms with E-state index in [1.54, 1.807) is 18.0 Å². The van der Waals surface area contributed by atoms with Gasteiger partial charge in [-0.2, -0.15) is 0 Å². The van der Waals surface area contributed by atoms with E-state index in [-0.39, 0.29) is 25.0 Å². The number of aromatic nitrogens is 1. The first kappa shape index (κ1) is 37.5. The molecule has 2 aliphatic rings. The van der Waals surface area contributed by atoms with Gasteiger partial charge in [-0.05, 0) is 85.7 Å². The first-order valence-electron chi connectivity index (χ1n) is 17.0. The second-order valence-corrected chi connectivity index (χ2v) is 14.4. The van der Waals surface area contributed by atoms with Gasteiger partial charge >= 0.3 is 0 Å². The van der Waals surface area contributed by atoms with Crippen LogP contribution in [0.2, 0.25) is 5.02 Å². The summed E-state index contributed by atoms with van der Waals surface area (Å²) in [5.41, 5.74) is 3.58. The van der Waals surface area contributed by atoms with Crippen LogP contribution >= 0.6 is 23.4 Å². The highest BCUT2D eigenvalue weighted by Gasteiger charge is 2.48. The number of rotatable bonds is 20. The molecule has 0 unspecified atom stereocenters. The monoisotopic (exact) mass is 714 g/mol. The zero-order valence-electron chi connectivity index (χ0n) is 27.8. The molecule has 49 heavy (non-hydrogen) atoms. The van der Waals surface area contributed by atoms with Crippen molar-refractivity contribution in [3.63, 3.8) is 0 Å². The SMILES string of the molecule is CCCN(C[C@H](O)[C@@H](O)[C@H](O)[C@H](O)CO)C(=O)CCCSc1ccc(Cl)c(COC2(c3cnccc3-c3ccccc3OC3CC3)CC2)c1. The predicted molar refractivity (Wildman–Crippen MR) is 188 cm³/mol. The first-order valence-corrected chi connectivity index (χ1v) is 18.4. The van der Waals surface area contributed by atoms with Gasteiger partial charge in [-0.15, -0.1) is 11.8 Å². The molecule has 266 valence electrons. The molecular formula is C37H47ClN2O8S.